The fourth-order valence-electron chi connectivity index (χ4n) is 2.14. The van der Waals surface area contributed by atoms with E-state index >= 15 is 0 Å². The minimum absolute atomic E-state index is 0.160. The summed E-state index contributed by atoms with van der Waals surface area (Å²) in [5, 5.41) is 9.33. The zero-order valence-electron chi connectivity index (χ0n) is 11.8. The van der Waals surface area contributed by atoms with Crippen LogP contribution in [-0.2, 0) is 6.61 Å². The van der Waals surface area contributed by atoms with E-state index in [-0.39, 0.29) is 11.3 Å². The van der Waals surface area contributed by atoms with Crippen molar-refractivity contribution < 1.29 is 9.84 Å². The van der Waals surface area contributed by atoms with E-state index in [0.29, 0.717) is 18.0 Å². The van der Waals surface area contributed by atoms with Crippen LogP contribution in [0.2, 0.25) is 0 Å². The van der Waals surface area contributed by atoms with Crippen molar-refractivity contribution in [1.82, 2.24) is 4.57 Å². The first-order chi connectivity index (χ1) is 10.7. The van der Waals surface area contributed by atoms with Crippen LogP contribution in [0.1, 0.15) is 5.56 Å². The fraction of sp³-hybridized carbons (Fsp3) is 0.0556. The van der Waals surface area contributed by atoms with Crippen molar-refractivity contribution >= 4 is 0 Å². The highest BCUT2D eigenvalue weighted by atomic mass is 16.5. The molecule has 110 valence electrons. The molecule has 0 aliphatic carbocycles. The number of rotatable bonds is 4. The van der Waals surface area contributed by atoms with Crippen LogP contribution in [0.5, 0.6) is 11.5 Å². The summed E-state index contributed by atoms with van der Waals surface area (Å²) in [7, 11) is 0. The van der Waals surface area contributed by atoms with Crippen LogP contribution in [0.15, 0.2) is 77.7 Å². The molecule has 0 radical (unpaired) electrons. The monoisotopic (exact) mass is 293 g/mol. The van der Waals surface area contributed by atoms with Crippen molar-refractivity contribution in [2.24, 2.45) is 0 Å². The predicted octanol–water partition coefficient (Wildman–Crippen LogP) is 3.12. The lowest BCUT2D eigenvalue weighted by Crippen LogP contribution is -2.19. The molecule has 4 heteroatoms. The standard InChI is InChI=1S/C18H15NO3/c20-16-10-8-15(9-11-16)19-12-4-7-17(18(19)21)22-13-14-5-2-1-3-6-14/h1-12,20H,13H2. The molecule has 2 aromatic carbocycles. The number of pyridine rings is 1. The molecule has 0 aliphatic heterocycles. The van der Waals surface area contributed by atoms with Gasteiger partial charge < -0.3 is 9.84 Å². The van der Waals surface area contributed by atoms with Gasteiger partial charge in [-0.2, -0.15) is 0 Å². The lowest BCUT2D eigenvalue weighted by molar-refractivity contribution is 0.300. The summed E-state index contributed by atoms with van der Waals surface area (Å²) in [5.41, 5.74) is 1.44. The Bertz CT molecular complexity index is 808. The number of phenolic OH excluding ortho intramolecular Hbond substituents is 1. The third kappa shape index (κ3) is 3.01. The van der Waals surface area contributed by atoms with E-state index < -0.39 is 0 Å². The van der Waals surface area contributed by atoms with Crippen molar-refractivity contribution in [3.63, 3.8) is 0 Å². The highest BCUT2D eigenvalue weighted by molar-refractivity contribution is 5.38. The van der Waals surface area contributed by atoms with Crippen LogP contribution in [0, 0.1) is 0 Å². The maximum absolute atomic E-state index is 12.5. The van der Waals surface area contributed by atoms with Gasteiger partial charge in [0.2, 0.25) is 0 Å². The molecule has 0 spiro atoms. The van der Waals surface area contributed by atoms with Gasteiger partial charge in [-0.25, -0.2) is 0 Å². The molecule has 1 heterocycles. The number of aromatic hydroxyl groups is 1. The van der Waals surface area contributed by atoms with Gasteiger partial charge in [-0.3, -0.25) is 9.36 Å². The number of hydrogen-bond acceptors (Lipinski definition) is 3. The zero-order valence-corrected chi connectivity index (χ0v) is 11.8. The van der Waals surface area contributed by atoms with Gasteiger partial charge in [-0.15, -0.1) is 0 Å². The smallest absolute Gasteiger partial charge is 0.297 e. The van der Waals surface area contributed by atoms with E-state index in [1.165, 1.54) is 4.57 Å². The molecule has 3 aromatic rings. The second-order valence-electron chi connectivity index (χ2n) is 4.84. The molecule has 0 aliphatic rings. The van der Waals surface area contributed by atoms with Gasteiger partial charge in [-0.05, 0) is 42.0 Å². The number of nitrogens with zero attached hydrogens (tertiary/aromatic N) is 1. The van der Waals surface area contributed by atoms with Gasteiger partial charge in [0.1, 0.15) is 12.4 Å². The van der Waals surface area contributed by atoms with Crippen molar-refractivity contribution in [1.29, 1.82) is 0 Å². The van der Waals surface area contributed by atoms with Crippen molar-refractivity contribution in [3.8, 4) is 17.2 Å². The molecule has 0 unspecified atom stereocenters. The minimum atomic E-state index is -0.232. The summed E-state index contributed by atoms with van der Waals surface area (Å²) < 4.78 is 7.11. The van der Waals surface area contributed by atoms with E-state index in [9.17, 15) is 9.90 Å². The van der Waals surface area contributed by atoms with Crippen molar-refractivity contribution in [3.05, 3.63) is 88.8 Å². The third-order valence-electron chi connectivity index (χ3n) is 3.28. The maximum atomic E-state index is 12.5. The molecule has 0 atom stereocenters. The number of hydrogen-bond donors (Lipinski definition) is 1. The Morgan fingerprint density at radius 3 is 2.36 bits per heavy atom. The molecule has 0 saturated heterocycles. The van der Waals surface area contributed by atoms with Gasteiger partial charge in [0.15, 0.2) is 5.75 Å². The molecule has 1 aromatic heterocycles. The molecule has 0 amide bonds. The van der Waals surface area contributed by atoms with Crippen molar-refractivity contribution in [2.75, 3.05) is 0 Å². The normalized spacial score (nSPS) is 10.4. The Kier molecular flexibility index (Phi) is 3.92. The van der Waals surface area contributed by atoms with Gasteiger partial charge in [0, 0.05) is 11.9 Å². The zero-order chi connectivity index (χ0) is 15.4. The first-order valence-electron chi connectivity index (χ1n) is 6.92. The molecule has 4 nitrogen and oxygen atoms in total. The molecular weight excluding hydrogens is 278 g/mol. The van der Waals surface area contributed by atoms with Gasteiger partial charge in [-0.1, -0.05) is 30.3 Å². The van der Waals surface area contributed by atoms with Crippen LogP contribution in [0.25, 0.3) is 5.69 Å². The third-order valence-corrected chi connectivity index (χ3v) is 3.28. The number of ether oxygens (including phenoxy) is 1. The Labute approximate surface area is 127 Å². The summed E-state index contributed by atoms with van der Waals surface area (Å²) in [5.74, 6) is 0.452. The Balaban J connectivity index is 1.86. The van der Waals surface area contributed by atoms with Gasteiger partial charge >= 0.3 is 0 Å². The molecule has 0 saturated carbocycles. The average molecular weight is 293 g/mol. The van der Waals surface area contributed by atoms with E-state index in [1.807, 2.05) is 30.3 Å². The van der Waals surface area contributed by atoms with Crippen LogP contribution < -0.4 is 10.3 Å². The fourth-order valence-corrected chi connectivity index (χ4v) is 2.14. The Morgan fingerprint density at radius 2 is 1.64 bits per heavy atom. The van der Waals surface area contributed by atoms with Gasteiger partial charge in [0.05, 0.1) is 0 Å². The minimum Gasteiger partial charge on any atom is -0.508 e. The lowest BCUT2D eigenvalue weighted by atomic mass is 10.2. The number of aromatic nitrogens is 1. The highest BCUT2D eigenvalue weighted by Crippen LogP contribution is 2.14. The molecular formula is C18H15NO3. The number of benzene rings is 2. The quantitative estimate of drug-likeness (QED) is 0.804. The van der Waals surface area contributed by atoms with Crippen molar-refractivity contribution in [2.45, 2.75) is 6.61 Å². The summed E-state index contributed by atoms with van der Waals surface area (Å²) in [6.07, 6.45) is 1.67. The highest BCUT2D eigenvalue weighted by Gasteiger charge is 2.06. The predicted molar refractivity (Wildman–Crippen MR) is 84.5 cm³/mol. The first-order valence-corrected chi connectivity index (χ1v) is 6.92. The summed E-state index contributed by atoms with van der Waals surface area (Å²) in [4.78, 5) is 12.5. The number of phenols is 1. The molecule has 3 rings (SSSR count). The van der Waals surface area contributed by atoms with Crippen LogP contribution in [0.3, 0.4) is 0 Å². The maximum Gasteiger partial charge on any atom is 0.297 e. The topological polar surface area (TPSA) is 51.5 Å². The Morgan fingerprint density at radius 1 is 0.909 bits per heavy atom. The largest absolute Gasteiger partial charge is 0.508 e. The van der Waals surface area contributed by atoms with E-state index in [0.717, 1.165) is 5.56 Å². The van der Waals surface area contributed by atoms with Gasteiger partial charge in [0.25, 0.3) is 5.56 Å². The summed E-state index contributed by atoms with van der Waals surface area (Å²) >= 11 is 0. The Hall–Kier alpha value is -3.01. The summed E-state index contributed by atoms with van der Waals surface area (Å²) in [6.45, 7) is 0.343. The molecule has 1 N–H and O–H groups in total. The first kappa shape index (κ1) is 13.9. The van der Waals surface area contributed by atoms with E-state index in [2.05, 4.69) is 0 Å². The average Bonchev–Trinajstić information content (AvgIpc) is 2.56. The molecule has 0 fully saturated rings. The van der Waals surface area contributed by atoms with Crippen LogP contribution in [-0.4, -0.2) is 9.67 Å². The van der Waals surface area contributed by atoms with Crippen LogP contribution >= 0.6 is 0 Å². The summed E-state index contributed by atoms with van der Waals surface area (Å²) in [6, 6.07) is 19.5. The molecule has 0 bridgehead atoms. The van der Waals surface area contributed by atoms with E-state index in [1.54, 1.807) is 42.6 Å². The van der Waals surface area contributed by atoms with Crippen LogP contribution in [0.4, 0.5) is 0 Å². The molecule has 22 heavy (non-hydrogen) atoms. The lowest BCUT2D eigenvalue weighted by Gasteiger charge is -2.09. The second kappa shape index (κ2) is 6.18. The SMILES string of the molecule is O=c1c(OCc2ccccc2)cccn1-c1ccc(O)cc1. The second-order valence-corrected chi connectivity index (χ2v) is 4.84. The van der Waals surface area contributed by atoms with E-state index in [4.69, 9.17) is 4.74 Å².